The molecule has 0 aliphatic carbocycles. The fourth-order valence-electron chi connectivity index (χ4n) is 0.675. The number of nitrogens with zero attached hydrogens (tertiary/aromatic N) is 1. The number of thiol groups is 1. The largest absolute Gasteiger partial charge is 0.238 e. The van der Waals surface area contributed by atoms with Gasteiger partial charge in [-0.15, -0.1) is 12.4 Å². The van der Waals surface area contributed by atoms with Crippen LogP contribution in [0.1, 0.15) is 0 Å². The van der Waals surface area contributed by atoms with E-state index in [1.807, 2.05) is 0 Å². The SMILES string of the molecule is Cl.NN(c1ccccc1)[SH](=O)=O. The van der Waals surface area contributed by atoms with Crippen molar-refractivity contribution in [1.82, 2.24) is 0 Å². The summed E-state index contributed by atoms with van der Waals surface area (Å²) in [5.41, 5.74) is 0.462. The lowest BCUT2D eigenvalue weighted by Gasteiger charge is -2.08. The molecule has 4 nitrogen and oxygen atoms in total. The highest BCUT2D eigenvalue weighted by molar-refractivity contribution is 7.73. The number of para-hydroxylation sites is 1. The van der Waals surface area contributed by atoms with Gasteiger partial charge >= 0.3 is 0 Å². The molecule has 12 heavy (non-hydrogen) atoms. The van der Waals surface area contributed by atoms with Crippen LogP contribution in [0.2, 0.25) is 0 Å². The summed E-state index contributed by atoms with van der Waals surface area (Å²) in [6.45, 7) is 0. The number of hydrogen-bond donors (Lipinski definition) is 2. The number of rotatable bonds is 2. The number of hydrogen-bond acceptors (Lipinski definition) is 3. The Labute approximate surface area is 78.4 Å². The van der Waals surface area contributed by atoms with E-state index in [0.29, 0.717) is 10.1 Å². The van der Waals surface area contributed by atoms with Gasteiger partial charge in [-0.05, 0) is 12.1 Å². The normalized spacial score (nSPS) is 9.17. The molecule has 0 radical (unpaired) electrons. The number of halogens is 1. The molecule has 68 valence electrons. The van der Waals surface area contributed by atoms with Gasteiger partial charge in [-0.25, -0.2) is 18.7 Å². The molecule has 2 N–H and O–H groups in total. The Morgan fingerprint density at radius 3 is 2.08 bits per heavy atom. The monoisotopic (exact) mass is 208 g/mol. The van der Waals surface area contributed by atoms with Gasteiger partial charge in [0, 0.05) is 0 Å². The molecule has 0 saturated carbocycles. The van der Waals surface area contributed by atoms with Gasteiger partial charge in [0.15, 0.2) is 0 Å². The fraction of sp³-hybridized carbons (Fsp3) is 0. The lowest BCUT2D eigenvalue weighted by Crippen LogP contribution is -2.28. The van der Waals surface area contributed by atoms with Crippen LogP contribution in [0, 0.1) is 0 Å². The third-order valence-corrected chi connectivity index (χ3v) is 1.78. The predicted octanol–water partition coefficient (Wildman–Crippen LogP) is 0.315. The summed E-state index contributed by atoms with van der Waals surface area (Å²) in [5, 5.41) is 0. The molecule has 6 heteroatoms. The zero-order chi connectivity index (χ0) is 8.27. The lowest BCUT2D eigenvalue weighted by atomic mass is 10.3. The van der Waals surface area contributed by atoms with Crippen LogP contribution in [0.4, 0.5) is 5.69 Å². The van der Waals surface area contributed by atoms with E-state index in [-0.39, 0.29) is 12.4 Å². The van der Waals surface area contributed by atoms with Crippen molar-refractivity contribution >= 4 is 29.0 Å². The molecule has 0 unspecified atom stereocenters. The average molecular weight is 209 g/mol. The molecule has 0 spiro atoms. The third-order valence-electron chi connectivity index (χ3n) is 1.20. The molecule has 0 amide bonds. The van der Waals surface area contributed by atoms with E-state index in [4.69, 9.17) is 5.84 Å². The van der Waals surface area contributed by atoms with E-state index in [1.165, 1.54) is 0 Å². The van der Waals surface area contributed by atoms with Gasteiger partial charge in [0.1, 0.15) is 0 Å². The van der Waals surface area contributed by atoms with Crippen LogP contribution in [-0.4, -0.2) is 8.42 Å². The highest BCUT2D eigenvalue weighted by Gasteiger charge is 1.99. The van der Waals surface area contributed by atoms with Crippen molar-refractivity contribution < 1.29 is 8.42 Å². The zero-order valence-electron chi connectivity index (χ0n) is 6.08. The molecule has 1 aromatic rings. The Balaban J connectivity index is 0.00000121. The van der Waals surface area contributed by atoms with Gasteiger partial charge in [-0.2, -0.15) is 0 Å². The highest BCUT2D eigenvalue weighted by atomic mass is 35.5. The van der Waals surface area contributed by atoms with Gasteiger partial charge in [0.05, 0.1) is 5.69 Å². The molecule has 0 aliphatic rings. The van der Waals surface area contributed by atoms with Crippen LogP contribution in [0.3, 0.4) is 0 Å². The molecule has 0 bridgehead atoms. The van der Waals surface area contributed by atoms with E-state index in [1.54, 1.807) is 30.3 Å². The van der Waals surface area contributed by atoms with Crippen LogP contribution < -0.4 is 10.3 Å². The van der Waals surface area contributed by atoms with Crippen molar-refractivity contribution in [1.29, 1.82) is 0 Å². The fourth-order valence-corrected chi connectivity index (χ4v) is 0.997. The van der Waals surface area contributed by atoms with E-state index < -0.39 is 10.9 Å². The minimum Gasteiger partial charge on any atom is -0.234 e. The standard InChI is InChI=1S/C6H8N2O2S.ClH/c7-8(11(9)10)6-4-2-1-3-5-6;/h1-5,11H,7H2;1H. The molecule has 0 aromatic heterocycles. The lowest BCUT2D eigenvalue weighted by molar-refractivity contribution is 0.611. The van der Waals surface area contributed by atoms with Gasteiger partial charge < -0.3 is 0 Å². The molecular formula is C6H9ClN2O2S. The van der Waals surface area contributed by atoms with Gasteiger partial charge in [0.2, 0.25) is 10.9 Å². The molecule has 0 aliphatic heterocycles. The Kier molecular flexibility index (Phi) is 4.65. The molecule has 1 rings (SSSR count). The number of benzene rings is 1. The number of hydrazine groups is 1. The van der Waals surface area contributed by atoms with Crippen LogP contribution in [0.25, 0.3) is 0 Å². The summed E-state index contributed by atoms with van der Waals surface area (Å²) < 4.78 is 21.4. The quantitative estimate of drug-likeness (QED) is 0.418. The summed E-state index contributed by atoms with van der Waals surface area (Å²) in [4.78, 5) is 0. The zero-order valence-corrected chi connectivity index (χ0v) is 7.79. The first-order chi connectivity index (χ1) is 5.22. The van der Waals surface area contributed by atoms with E-state index >= 15 is 0 Å². The van der Waals surface area contributed by atoms with Gasteiger partial charge in [-0.1, -0.05) is 18.2 Å². The Morgan fingerprint density at radius 1 is 1.17 bits per heavy atom. The topological polar surface area (TPSA) is 63.4 Å². The third kappa shape index (κ3) is 2.69. The summed E-state index contributed by atoms with van der Waals surface area (Å²) in [5.74, 6) is 5.17. The van der Waals surface area contributed by atoms with Crippen molar-refractivity contribution in [3.05, 3.63) is 30.3 Å². The molecule has 0 heterocycles. The van der Waals surface area contributed by atoms with Crippen molar-refractivity contribution in [3.63, 3.8) is 0 Å². The van der Waals surface area contributed by atoms with Gasteiger partial charge in [0.25, 0.3) is 0 Å². The summed E-state index contributed by atoms with van der Waals surface area (Å²) in [6.07, 6.45) is 0. The molecule has 0 saturated heterocycles. The first-order valence-electron chi connectivity index (χ1n) is 2.96. The van der Waals surface area contributed by atoms with Crippen molar-refractivity contribution in [3.8, 4) is 0 Å². The van der Waals surface area contributed by atoms with Crippen LogP contribution in [0.15, 0.2) is 30.3 Å². The van der Waals surface area contributed by atoms with Crippen molar-refractivity contribution in [2.75, 3.05) is 4.41 Å². The summed E-state index contributed by atoms with van der Waals surface area (Å²) >= 11 is 0. The van der Waals surface area contributed by atoms with Crippen molar-refractivity contribution in [2.45, 2.75) is 0 Å². The molecular weight excluding hydrogens is 200 g/mol. The maximum absolute atomic E-state index is 10.3. The Bertz CT molecular complexity index is 294. The second-order valence-corrected chi connectivity index (χ2v) is 2.82. The second-order valence-electron chi connectivity index (χ2n) is 1.92. The first-order valence-corrected chi connectivity index (χ1v) is 4.09. The Morgan fingerprint density at radius 2 is 1.67 bits per heavy atom. The number of nitrogens with two attached hydrogens (primary N) is 1. The van der Waals surface area contributed by atoms with E-state index in [9.17, 15) is 8.42 Å². The molecule has 1 aromatic carbocycles. The van der Waals surface area contributed by atoms with E-state index in [0.717, 1.165) is 0 Å². The maximum atomic E-state index is 10.3. The van der Waals surface area contributed by atoms with Crippen molar-refractivity contribution in [2.24, 2.45) is 5.84 Å². The van der Waals surface area contributed by atoms with Crippen LogP contribution in [0.5, 0.6) is 0 Å². The number of anilines is 1. The van der Waals surface area contributed by atoms with E-state index in [2.05, 4.69) is 0 Å². The molecule has 0 fully saturated rings. The summed E-state index contributed by atoms with van der Waals surface area (Å²) in [6, 6.07) is 8.45. The predicted molar refractivity (Wildman–Crippen MR) is 50.7 cm³/mol. The minimum absolute atomic E-state index is 0. The smallest absolute Gasteiger partial charge is 0.234 e. The van der Waals surface area contributed by atoms with Crippen LogP contribution >= 0.6 is 12.4 Å². The minimum atomic E-state index is -2.73. The molecule has 0 atom stereocenters. The summed E-state index contributed by atoms with van der Waals surface area (Å²) in [7, 11) is -2.73. The van der Waals surface area contributed by atoms with Crippen LogP contribution in [-0.2, 0) is 10.9 Å². The highest BCUT2D eigenvalue weighted by Crippen LogP contribution is 2.07. The average Bonchev–Trinajstić information content (AvgIpc) is 2.05. The first kappa shape index (κ1) is 11.2. The van der Waals surface area contributed by atoms with Gasteiger partial charge in [-0.3, -0.25) is 0 Å². The maximum Gasteiger partial charge on any atom is 0.238 e. The second kappa shape index (κ2) is 4.97. The Hall–Kier alpha value is -0.780.